The van der Waals surface area contributed by atoms with E-state index in [0.29, 0.717) is 30.2 Å². The number of nitrogens with one attached hydrogen (secondary N) is 2. The highest BCUT2D eigenvalue weighted by atomic mass is 33.1. The Labute approximate surface area is 472 Å². The third kappa shape index (κ3) is 7.88. The molecule has 1 spiro atoms. The first-order valence-corrected chi connectivity index (χ1v) is 33.8. The number of imidazole rings is 1. The molecular weight excluding hydrogens is 1020 g/mol. The van der Waals surface area contributed by atoms with Crippen LogP contribution in [0.25, 0.3) is 0 Å². The molecule has 1 saturated heterocycles. The zero-order chi connectivity index (χ0) is 54.3. The largest absolute Gasteiger partial charge is 0.396 e. The highest BCUT2D eigenvalue weighted by Gasteiger charge is 2.80. The van der Waals surface area contributed by atoms with Gasteiger partial charge in [0.25, 0.3) is 0 Å². The Morgan fingerprint density at radius 3 is 2.38 bits per heavy atom. The Morgan fingerprint density at radius 1 is 0.897 bits per heavy atom. The molecule has 0 amide bonds. The fourth-order valence-electron chi connectivity index (χ4n) is 23.2. The van der Waals surface area contributed by atoms with Crippen molar-refractivity contribution in [2.24, 2.45) is 109 Å². The lowest BCUT2D eigenvalue weighted by molar-refractivity contribution is -0.229. The summed E-state index contributed by atoms with van der Waals surface area (Å²) >= 11 is 0. The monoisotopic (exact) mass is 1110 g/mol. The van der Waals surface area contributed by atoms with Crippen molar-refractivity contribution in [1.29, 1.82) is 0 Å². The summed E-state index contributed by atoms with van der Waals surface area (Å²) in [4.78, 5) is 25.8. The number of aliphatic imine (C=N–C) groups is 1. The number of aromatic nitrogens is 2. The fraction of sp³-hybridized carbons (Fsp3) is 0.825. The normalized spacial score (nSPS) is 46.2. The molecule has 15 heteroatoms. The quantitative estimate of drug-likeness (QED) is 0.0396. The first kappa shape index (κ1) is 55.0. The van der Waals surface area contributed by atoms with E-state index in [-0.39, 0.29) is 101 Å². The van der Waals surface area contributed by atoms with Gasteiger partial charge in [0.1, 0.15) is 6.23 Å². The van der Waals surface area contributed by atoms with E-state index in [1.54, 1.807) is 23.6 Å². The van der Waals surface area contributed by atoms with Gasteiger partial charge in [-0.2, -0.15) is 0 Å². The number of aliphatic hydroxyl groups excluding tert-OH is 5. The summed E-state index contributed by atoms with van der Waals surface area (Å²) in [5.41, 5.74) is 10.3. The van der Waals surface area contributed by atoms with Gasteiger partial charge in [-0.05, 0) is 186 Å². The zero-order valence-electron chi connectivity index (χ0n) is 47.2. The molecule has 1 aromatic heterocycles. The summed E-state index contributed by atoms with van der Waals surface area (Å²) in [6.45, 7) is 6.96. The highest BCUT2D eigenvalue weighted by Crippen LogP contribution is 2.79. The lowest BCUT2D eigenvalue weighted by atomic mass is 9.35. The average Bonchev–Trinajstić information content (AvgIpc) is 2.36. The van der Waals surface area contributed by atoms with Crippen LogP contribution in [-0.4, -0.2) is 120 Å². The van der Waals surface area contributed by atoms with Crippen molar-refractivity contribution >= 4 is 33.3 Å². The van der Waals surface area contributed by atoms with Gasteiger partial charge in [-0.1, -0.05) is 89.8 Å². The molecule has 1 aliphatic heterocycles. The van der Waals surface area contributed by atoms with E-state index in [9.17, 15) is 25.5 Å². The van der Waals surface area contributed by atoms with Crippen molar-refractivity contribution in [3.05, 3.63) is 52.7 Å². The molecular formula is C63H94N6O7S2. The molecule has 12 aliphatic rings. The van der Waals surface area contributed by atoms with Gasteiger partial charge >= 0.3 is 0 Å². The number of guanidine groups is 1. The van der Waals surface area contributed by atoms with Crippen LogP contribution in [0.2, 0.25) is 0 Å². The number of carbonyl (C=O) groups excluding carboxylic acids is 1. The predicted molar refractivity (Wildman–Crippen MR) is 307 cm³/mol. The molecule has 10 N–H and O–H groups in total. The number of hydrogen-bond donors (Lipinski definition) is 9. The van der Waals surface area contributed by atoms with Gasteiger partial charge < -0.3 is 51.6 Å². The summed E-state index contributed by atoms with van der Waals surface area (Å²) in [6, 6.07) is 0.139. The van der Waals surface area contributed by atoms with Crippen molar-refractivity contribution in [3.63, 3.8) is 0 Å². The molecule has 20 atom stereocenters. The van der Waals surface area contributed by atoms with Crippen LogP contribution < -0.4 is 16.4 Å². The van der Waals surface area contributed by atoms with Gasteiger partial charge in [-0.25, -0.2) is 4.98 Å². The van der Waals surface area contributed by atoms with Crippen LogP contribution in [0.5, 0.6) is 0 Å². The number of fused-ring (bicyclic) bond motifs is 10. The molecule has 1 aromatic rings. The Kier molecular flexibility index (Phi) is 14.5. The molecule has 4 bridgehead atoms. The third-order valence-electron chi connectivity index (χ3n) is 25.2. The molecule has 2 heterocycles. The number of allylic oxidation sites excluding steroid dienone is 3. The summed E-state index contributed by atoms with van der Waals surface area (Å²) in [7, 11) is 5.57. The second kappa shape index (κ2) is 20.5. The summed E-state index contributed by atoms with van der Waals surface area (Å²) in [6.07, 6.45) is 24.4. The van der Waals surface area contributed by atoms with Crippen LogP contribution in [0.3, 0.4) is 0 Å². The van der Waals surface area contributed by atoms with E-state index in [1.807, 2.05) is 47.2 Å². The first-order chi connectivity index (χ1) is 37.6. The third-order valence-corrected chi connectivity index (χ3v) is 27.7. The van der Waals surface area contributed by atoms with Crippen molar-refractivity contribution in [3.8, 4) is 0 Å². The van der Waals surface area contributed by atoms with Gasteiger partial charge in [-0.3, -0.25) is 9.79 Å². The number of nitrogens with zero attached hydrogens (tertiary/aromatic N) is 3. The van der Waals surface area contributed by atoms with E-state index in [0.717, 1.165) is 82.8 Å². The lowest BCUT2D eigenvalue weighted by Crippen LogP contribution is -2.73. The van der Waals surface area contributed by atoms with Crippen molar-refractivity contribution in [2.45, 2.75) is 185 Å². The summed E-state index contributed by atoms with van der Waals surface area (Å²) < 4.78 is 2.32. The molecule has 11 aliphatic carbocycles. The molecule has 0 radical (unpaired) electrons. The zero-order valence-corrected chi connectivity index (χ0v) is 48.8. The summed E-state index contributed by atoms with van der Waals surface area (Å²) in [5, 5.41) is 84.4. The van der Waals surface area contributed by atoms with Crippen LogP contribution in [0.1, 0.15) is 155 Å². The molecule has 430 valence electrons. The molecule has 78 heavy (non-hydrogen) atoms. The smallest absolute Gasteiger partial charge is 0.190 e. The minimum absolute atomic E-state index is 0.0368. The predicted octanol–water partition coefficient (Wildman–Crippen LogP) is 8.12. The highest BCUT2D eigenvalue weighted by molar-refractivity contribution is 8.76. The molecule has 0 unspecified atom stereocenters. The lowest BCUT2D eigenvalue weighted by Gasteiger charge is -2.69. The fourth-order valence-corrected chi connectivity index (χ4v) is 26.0. The SMILES string of the molecule is CNC[C@@H]1[C@@H](O)[C@@H](O)C[C@@]2(C3CCCCC3)[C@@H]1C(=O)C=C1[C@@H]2[C@H](CN=C(N)N[C@@H](C)O)[C@H]2CC[C@@H]3[C@@H]4[C@H](O)[C@@H]5C6=C(CCC[C@H]63)[C@H]3C(=C5C(C)(C)C[C@@H](n5ccnc5)CSSC[C@H]5C[C@H]4[C@]2(CO)[C@]15O)CCCC31CCCC1. The molecule has 13 nitrogen and oxygen atoms in total. The first-order valence-electron chi connectivity index (χ1n) is 31.3. The molecule has 13 rings (SSSR count). The molecule has 0 aromatic carbocycles. The second-order valence-electron chi connectivity index (χ2n) is 28.6. The van der Waals surface area contributed by atoms with E-state index >= 15 is 9.90 Å². The standard InChI is InChI=1S/C63H94N6O7S2/c1-34(71)68-58(64)67-29-42-44-18-17-39-38-14-10-15-40-49(38)51-55(41-16-11-21-60(52(40)41)19-8-9-20-60)59(2,3)26-37(69-23-22-66-33-69)31-78-77-30-36-24-45(50(39)57(51)75)62(44,32-70)63(36,76)46-25-47(72)54-43(28-65-4)56(74)48(73)27-61(54,53(42)46)35-12-6-5-7-13-35/h22-23,25,33-39,42-45,48,50-54,56-57,65,70-71,73-76H,5-21,24,26-32H2,1-4H3,(H3,64,67,68)/t34-,36-,37-,38+,39+,42-,43+,44-,45-,48+,50+,51-,52+,53+,54+,56-,57+,61+,62-,63-/m1/s1. The van der Waals surface area contributed by atoms with Gasteiger partial charge in [-0.15, -0.1) is 0 Å². The minimum atomic E-state index is -1.64. The van der Waals surface area contributed by atoms with Crippen molar-refractivity contribution in [2.75, 3.05) is 38.2 Å². The van der Waals surface area contributed by atoms with Crippen LogP contribution in [0, 0.1) is 98.6 Å². The molecule has 8 saturated carbocycles. The topological polar surface area (TPSA) is 219 Å². The average molecular weight is 1110 g/mol. The maximum Gasteiger partial charge on any atom is 0.190 e. The number of nitrogens with two attached hydrogens (primary N) is 1. The van der Waals surface area contributed by atoms with E-state index in [1.165, 1.54) is 44.1 Å². The Bertz CT molecular complexity index is 2570. The maximum absolute atomic E-state index is 16.0. The molecule has 9 fully saturated rings. The Hall–Kier alpha value is -2.21. The minimum Gasteiger partial charge on any atom is -0.396 e. The van der Waals surface area contributed by atoms with E-state index in [2.05, 4.69) is 40.2 Å². The number of aliphatic hydroxyl groups is 6. The van der Waals surface area contributed by atoms with Crippen LogP contribution >= 0.6 is 21.6 Å². The van der Waals surface area contributed by atoms with Gasteiger partial charge in [0.15, 0.2) is 11.7 Å². The van der Waals surface area contributed by atoms with E-state index in [4.69, 9.17) is 10.7 Å². The Morgan fingerprint density at radius 2 is 1.65 bits per heavy atom. The van der Waals surface area contributed by atoms with Crippen molar-refractivity contribution in [1.82, 2.24) is 20.2 Å². The number of hydrogen-bond acceptors (Lipinski definition) is 12. The number of carbonyl (C=O) groups is 1. The van der Waals surface area contributed by atoms with E-state index < -0.39 is 58.7 Å². The van der Waals surface area contributed by atoms with Crippen LogP contribution in [-0.2, 0) is 4.79 Å². The van der Waals surface area contributed by atoms with Gasteiger partial charge in [0, 0.05) is 78.0 Å². The number of ketones is 1. The second-order valence-corrected chi connectivity index (χ2v) is 31.1. The van der Waals surface area contributed by atoms with Gasteiger partial charge in [0.2, 0.25) is 0 Å². The van der Waals surface area contributed by atoms with Crippen molar-refractivity contribution < 1.29 is 35.4 Å². The van der Waals surface area contributed by atoms with Crippen LogP contribution in [0.4, 0.5) is 0 Å². The Balaban J connectivity index is 1.06. The van der Waals surface area contributed by atoms with Crippen LogP contribution in [0.15, 0.2) is 57.7 Å². The van der Waals surface area contributed by atoms with Gasteiger partial charge in [0.05, 0.1) is 36.8 Å². The summed E-state index contributed by atoms with van der Waals surface area (Å²) in [5.74, 6) is -0.770. The maximum atomic E-state index is 16.0. The number of rotatable bonds is 8.